The Balaban J connectivity index is 1.94. The molecule has 0 atom stereocenters. The SMILES string of the molecule is CCc1nc(NC(=O)NCc2cccc(F)c2F)nn1C. The number of nitrogens with zero attached hydrogens (tertiary/aromatic N) is 3. The number of carbonyl (C=O) groups excluding carboxylic acids is 1. The number of amides is 2. The van der Waals surface area contributed by atoms with Crippen molar-refractivity contribution in [3.05, 3.63) is 41.2 Å². The quantitative estimate of drug-likeness (QED) is 0.906. The van der Waals surface area contributed by atoms with E-state index in [2.05, 4.69) is 20.7 Å². The maximum absolute atomic E-state index is 13.4. The van der Waals surface area contributed by atoms with E-state index in [0.29, 0.717) is 6.42 Å². The average molecular weight is 295 g/mol. The maximum atomic E-state index is 13.4. The van der Waals surface area contributed by atoms with E-state index in [1.54, 1.807) is 11.7 Å². The lowest BCUT2D eigenvalue weighted by Crippen LogP contribution is -2.29. The minimum absolute atomic E-state index is 0.0633. The zero-order valence-electron chi connectivity index (χ0n) is 11.7. The number of urea groups is 1. The van der Waals surface area contributed by atoms with Gasteiger partial charge >= 0.3 is 6.03 Å². The van der Waals surface area contributed by atoms with E-state index in [0.717, 1.165) is 11.9 Å². The Bertz CT molecular complexity index is 656. The molecule has 0 fully saturated rings. The van der Waals surface area contributed by atoms with Crippen molar-refractivity contribution in [1.29, 1.82) is 0 Å². The number of hydrogen-bond acceptors (Lipinski definition) is 3. The van der Waals surface area contributed by atoms with Crippen LogP contribution in [0.1, 0.15) is 18.3 Å². The number of aryl methyl sites for hydroxylation is 2. The predicted molar refractivity (Wildman–Crippen MR) is 72.6 cm³/mol. The lowest BCUT2D eigenvalue weighted by Gasteiger charge is -2.06. The van der Waals surface area contributed by atoms with Gasteiger partial charge in [-0.1, -0.05) is 19.1 Å². The van der Waals surface area contributed by atoms with Gasteiger partial charge in [0.1, 0.15) is 5.82 Å². The van der Waals surface area contributed by atoms with Gasteiger partial charge in [-0.05, 0) is 6.07 Å². The Kier molecular flexibility index (Phi) is 4.46. The number of carbonyl (C=O) groups is 1. The summed E-state index contributed by atoms with van der Waals surface area (Å²) in [6.45, 7) is 1.78. The van der Waals surface area contributed by atoms with Crippen molar-refractivity contribution < 1.29 is 13.6 Å². The summed E-state index contributed by atoms with van der Waals surface area (Å²) in [7, 11) is 1.72. The number of benzene rings is 1. The fourth-order valence-corrected chi connectivity index (χ4v) is 1.78. The van der Waals surface area contributed by atoms with Gasteiger partial charge in [-0.15, -0.1) is 5.10 Å². The van der Waals surface area contributed by atoms with Crippen LogP contribution in [0.3, 0.4) is 0 Å². The number of anilines is 1. The predicted octanol–water partition coefficient (Wildman–Crippen LogP) is 1.98. The molecular formula is C13H15F2N5O. The molecule has 1 heterocycles. The van der Waals surface area contributed by atoms with Crippen molar-refractivity contribution in [1.82, 2.24) is 20.1 Å². The fraction of sp³-hybridized carbons (Fsp3) is 0.308. The molecule has 0 bridgehead atoms. The number of halogens is 2. The minimum atomic E-state index is -0.970. The molecule has 8 heteroatoms. The Labute approximate surface area is 120 Å². The van der Waals surface area contributed by atoms with E-state index in [1.165, 1.54) is 12.1 Å². The van der Waals surface area contributed by atoms with Crippen molar-refractivity contribution in [3.63, 3.8) is 0 Å². The Morgan fingerprint density at radius 3 is 2.81 bits per heavy atom. The summed E-state index contributed by atoms with van der Waals surface area (Å²) in [4.78, 5) is 15.8. The van der Waals surface area contributed by atoms with Gasteiger partial charge in [-0.25, -0.2) is 13.6 Å². The number of hydrogen-bond donors (Lipinski definition) is 2. The van der Waals surface area contributed by atoms with E-state index in [9.17, 15) is 13.6 Å². The van der Waals surface area contributed by atoms with E-state index < -0.39 is 17.7 Å². The first kappa shape index (κ1) is 14.9. The molecule has 0 radical (unpaired) electrons. The third-order valence-corrected chi connectivity index (χ3v) is 2.87. The molecular weight excluding hydrogens is 280 g/mol. The van der Waals surface area contributed by atoms with Crippen LogP contribution < -0.4 is 10.6 Å². The molecule has 2 N–H and O–H groups in total. The monoisotopic (exact) mass is 295 g/mol. The van der Waals surface area contributed by atoms with Crippen LogP contribution in [0.2, 0.25) is 0 Å². The van der Waals surface area contributed by atoms with Crippen molar-refractivity contribution >= 4 is 12.0 Å². The molecule has 0 saturated carbocycles. The van der Waals surface area contributed by atoms with Crippen LogP contribution in [0.5, 0.6) is 0 Å². The van der Waals surface area contributed by atoms with Gasteiger partial charge in [0.2, 0.25) is 5.95 Å². The fourth-order valence-electron chi connectivity index (χ4n) is 1.78. The summed E-state index contributed by atoms with van der Waals surface area (Å²) >= 11 is 0. The van der Waals surface area contributed by atoms with Gasteiger partial charge in [0.05, 0.1) is 0 Å². The first-order valence-electron chi connectivity index (χ1n) is 6.39. The topological polar surface area (TPSA) is 71.8 Å². The van der Waals surface area contributed by atoms with Crippen LogP contribution in [-0.2, 0) is 20.0 Å². The van der Waals surface area contributed by atoms with Crippen molar-refractivity contribution in [2.75, 3.05) is 5.32 Å². The Hall–Kier alpha value is -2.51. The molecule has 0 aliphatic rings. The van der Waals surface area contributed by atoms with Gasteiger partial charge in [-0.3, -0.25) is 10.00 Å². The highest BCUT2D eigenvalue weighted by molar-refractivity contribution is 5.87. The normalized spacial score (nSPS) is 10.5. The summed E-state index contributed by atoms with van der Waals surface area (Å²) < 4.78 is 28.0. The lowest BCUT2D eigenvalue weighted by atomic mass is 10.2. The van der Waals surface area contributed by atoms with Crippen LogP contribution in [0, 0.1) is 11.6 Å². The van der Waals surface area contributed by atoms with Crippen LogP contribution in [0.4, 0.5) is 19.5 Å². The minimum Gasteiger partial charge on any atom is -0.334 e. The first-order chi connectivity index (χ1) is 10.0. The molecule has 112 valence electrons. The standard InChI is InChI=1S/C13H15F2N5O/c1-3-10-17-12(19-20(10)2)18-13(21)16-7-8-5-4-6-9(14)11(8)15/h4-6H,3,7H2,1-2H3,(H2,16,18,19,21). The van der Waals surface area contributed by atoms with Crippen LogP contribution in [-0.4, -0.2) is 20.8 Å². The molecule has 0 aliphatic heterocycles. The second-order valence-corrected chi connectivity index (χ2v) is 4.35. The van der Waals surface area contributed by atoms with Crippen molar-refractivity contribution in [3.8, 4) is 0 Å². The highest BCUT2D eigenvalue weighted by atomic mass is 19.2. The van der Waals surface area contributed by atoms with E-state index in [-0.39, 0.29) is 18.1 Å². The third-order valence-electron chi connectivity index (χ3n) is 2.87. The molecule has 0 saturated heterocycles. The third kappa shape index (κ3) is 3.53. The van der Waals surface area contributed by atoms with Crippen molar-refractivity contribution in [2.24, 2.45) is 7.05 Å². The van der Waals surface area contributed by atoms with Gasteiger partial charge in [0.25, 0.3) is 0 Å². The molecule has 2 rings (SSSR count). The van der Waals surface area contributed by atoms with E-state index >= 15 is 0 Å². The molecule has 0 aliphatic carbocycles. The number of rotatable bonds is 4. The molecule has 2 amide bonds. The Morgan fingerprint density at radius 2 is 2.14 bits per heavy atom. The second kappa shape index (κ2) is 6.29. The van der Waals surface area contributed by atoms with Crippen molar-refractivity contribution in [2.45, 2.75) is 19.9 Å². The zero-order chi connectivity index (χ0) is 15.4. The van der Waals surface area contributed by atoms with Crippen LogP contribution in [0.25, 0.3) is 0 Å². The summed E-state index contributed by atoms with van der Waals surface area (Å²) in [6, 6.07) is 3.20. The Morgan fingerprint density at radius 1 is 1.38 bits per heavy atom. The second-order valence-electron chi connectivity index (χ2n) is 4.35. The molecule has 6 nitrogen and oxygen atoms in total. The molecule has 21 heavy (non-hydrogen) atoms. The molecule has 1 aromatic heterocycles. The van der Waals surface area contributed by atoms with E-state index in [4.69, 9.17) is 0 Å². The van der Waals surface area contributed by atoms with Gasteiger partial charge in [-0.2, -0.15) is 4.98 Å². The first-order valence-corrected chi connectivity index (χ1v) is 6.39. The molecule has 0 spiro atoms. The number of nitrogens with one attached hydrogen (secondary N) is 2. The summed E-state index contributed by atoms with van der Waals surface area (Å²) in [5.74, 6) is -1.04. The molecule has 1 aromatic carbocycles. The lowest BCUT2D eigenvalue weighted by molar-refractivity contribution is 0.251. The summed E-state index contributed by atoms with van der Waals surface area (Å²) in [5, 5.41) is 8.86. The summed E-state index contributed by atoms with van der Waals surface area (Å²) in [5.41, 5.74) is 0.0633. The van der Waals surface area contributed by atoms with Gasteiger partial charge in [0.15, 0.2) is 11.6 Å². The molecule has 0 unspecified atom stereocenters. The van der Waals surface area contributed by atoms with Crippen LogP contribution in [0.15, 0.2) is 18.2 Å². The highest BCUT2D eigenvalue weighted by Crippen LogP contribution is 2.11. The smallest absolute Gasteiger partial charge is 0.321 e. The van der Waals surface area contributed by atoms with Crippen LogP contribution >= 0.6 is 0 Å². The zero-order valence-corrected chi connectivity index (χ0v) is 11.7. The van der Waals surface area contributed by atoms with Gasteiger partial charge < -0.3 is 5.32 Å². The van der Waals surface area contributed by atoms with E-state index in [1.807, 2.05) is 6.92 Å². The largest absolute Gasteiger partial charge is 0.334 e. The average Bonchev–Trinajstić information content (AvgIpc) is 2.80. The highest BCUT2D eigenvalue weighted by Gasteiger charge is 2.11. The maximum Gasteiger partial charge on any atom is 0.321 e. The van der Waals surface area contributed by atoms with Gasteiger partial charge in [0, 0.05) is 25.6 Å². The number of aromatic nitrogens is 3. The molecule has 2 aromatic rings. The summed E-state index contributed by atoms with van der Waals surface area (Å²) in [6.07, 6.45) is 0.682.